The van der Waals surface area contributed by atoms with Gasteiger partial charge in [-0.15, -0.1) is 9.24 Å². The van der Waals surface area contributed by atoms with Gasteiger partial charge in [-0.3, -0.25) is 0 Å². The van der Waals surface area contributed by atoms with Gasteiger partial charge in [0.25, 0.3) is 0 Å². The van der Waals surface area contributed by atoms with E-state index in [4.69, 9.17) is 0 Å². The van der Waals surface area contributed by atoms with Crippen LogP contribution in [0.15, 0.2) is 30.3 Å². The Kier molecular flexibility index (Phi) is 5.08. The number of rotatable bonds is 5. The van der Waals surface area contributed by atoms with Gasteiger partial charge >= 0.3 is 0 Å². The van der Waals surface area contributed by atoms with Crippen molar-refractivity contribution in [3.05, 3.63) is 35.9 Å². The zero-order valence-electron chi connectivity index (χ0n) is 8.37. The normalized spacial score (nSPS) is 12.8. The highest BCUT2D eigenvalue weighted by Gasteiger charge is 2.01. The Morgan fingerprint density at radius 3 is 2.54 bits per heavy atom. The Morgan fingerprint density at radius 2 is 1.92 bits per heavy atom. The van der Waals surface area contributed by atoms with Crippen LogP contribution < -0.4 is 0 Å². The summed E-state index contributed by atoms with van der Waals surface area (Å²) in [5, 5.41) is 0. The monoisotopic (exact) mass is 194 g/mol. The smallest absolute Gasteiger partial charge is 0.0216 e. The van der Waals surface area contributed by atoms with Crippen molar-refractivity contribution in [2.45, 2.75) is 38.3 Å². The summed E-state index contributed by atoms with van der Waals surface area (Å²) in [4.78, 5) is 0. The Balaban J connectivity index is 2.32. The average molecular weight is 194 g/mol. The molecule has 0 nitrogen and oxygen atoms in total. The summed E-state index contributed by atoms with van der Waals surface area (Å²) in [6, 6.07) is 10.7. The molecule has 0 heterocycles. The van der Waals surface area contributed by atoms with Crippen LogP contribution in [-0.4, -0.2) is 5.66 Å². The molecule has 0 N–H and O–H groups in total. The van der Waals surface area contributed by atoms with Crippen LogP contribution in [0.3, 0.4) is 0 Å². The molecule has 1 aromatic rings. The van der Waals surface area contributed by atoms with Gasteiger partial charge < -0.3 is 0 Å². The van der Waals surface area contributed by atoms with Crippen LogP contribution >= 0.6 is 9.24 Å². The van der Waals surface area contributed by atoms with E-state index in [0.717, 1.165) is 5.66 Å². The lowest BCUT2D eigenvalue weighted by Crippen LogP contribution is -2.01. The highest BCUT2D eigenvalue weighted by atomic mass is 31.0. The lowest BCUT2D eigenvalue weighted by Gasteiger charge is -2.09. The zero-order chi connectivity index (χ0) is 9.52. The van der Waals surface area contributed by atoms with Crippen LogP contribution in [0.2, 0.25) is 0 Å². The van der Waals surface area contributed by atoms with E-state index in [2.05, 4.69) is 46.5 Å². The Hall–Kier alpha value is -0.350. The van der Waals surface area contributed by atoms with Crippen molar-refractivity contribution in [3.63, 3.8) is 0 Å². The fourth-order valence-electron chi connectivity index (χ4n) is 1.49. The number of hydrogen-bond acceptors (Lipinski definition) is 0. The molecule has 2 atom stereocenters. The first-order valence-electron chi connectivity index (χ1n) is 5.12. The maximum absolute atomic E-state index is 2.96. The third-order valence-electron chi connectivity index (χ3n) is 2.27. The molecule has 0 bridgehead atoms. The molecule has 2 unspecified atom stereocenters. The Labute approximate surface area is 84.0 Å². The molecule has 0 aliphatic rings. The summed E-state index contributed by atoms with van der Waals surface area (Å²) in [5.41, 5.74) is 2.21. The molecular weight excluding hydrogens is 175 g/mol. The third-order valence-corrected chi connectivity index (χ3v) is 2.84. The molecule has 0 radical (unpaired) electrons. The molecule has 0 saturated carbocycles. The predicted octanol–water partition coefficient (Wildman–Crippen LogP) is 3.66. The molecule has 1 aromatic carbocycles. The second-order valence-electron chi connectivity index (χ2n) is 3.59. The molecule has 1 rings (SSSR count). The van der Waals surface area contributed by atoms with Gasteiger partial charge in [-0.1, -0.05) is 50.1 Å². The molecule has 1 heteroatoms. The number of benzene rings is 1. The molecule has 0 spiro atoms. The van der Waals surface area contributed by atoms with Gasteiger partial charge in [0.2, 0.25) is 0 Å². The summed E-state index contributed by atoms with van der Waals surface area (Å²) in [6.07, 6.45) is 5.18. The first-order chi connectivity index (χ1) is 6.33. The third kappa shape index (κ3) is 4.43. The number of unbranched alkanes of at least 4 members (excludes halogenated alkanes) is 1. The van der Waals surface area contributed by atoms with Crippen molar-refractivity contribution in [2.24, 2.45) is 0 Å². The molecule has 0 fully saturated rings. The van der Waals surface area contributed by atoms with Gasteiger partial charge in [-0.2, -0.15) is 0 Å². The summed E-state index contributed by atoms with van der Waals surface area (Å²) >= 11 is 0. The van der Waals surface area contributed by atoms with E-state index in [1.807, 2.05) is 0 Å². The zero-order valence-corrected chi connectivity index (χ0v) is 9.52. The van der Waals surface area contributed by atoms with Crippen molar-refractivity contribution >= 4 is 9.24 Å². The SMILES string of the molecule is CCCCC(P)Cc1ccccc1. The fraction of sp³-hybridized carbons (Fsp3) is 0.500. The molecule has 0 aliphatic heterocycles. The lowest BCUT2D eigenvalue weighted by molar-refractivity contribution is 0.680. The van der Waals surface area contributed by atoms with Gasteiger partial charge in [0, 0.05) is 0 Å². The van der Waals surface area contributed by atoms with Crippen LogP contribution in [0, 0.1) is 0 Å². The van der Waals surface area contributed by atoms with Gasteiger partial charge in [-0.25, -0.2) is 0 Å². The summed E-state index contributed by atoms with van der Waals surface area (Å²) < 4.78 is 0. The maximum Gasteiger partial charge on any atom is -0.0216 e. The van der Waals surface area contributed by atoms with Gasteiger partial charge in [0.1, 0.15) is 0 Å². The van der Waals surface area contributed by atoms with Crippen LogP contribution in [0.4, 0.5) is 0 Å². The van der Waals surface area contributed by atoms with E-state index < -0.39 is 0 Å². The fourth-order valence-corrected chi connectivity index (χ4v) is 1.99. The minimum atomic E-state index is 0.752. The Bertz CT molecular complexity index is 218. The van der Waals surface area contributed by atoms with E-state index in [1.54, 1.807) is 0 Å². The molecule has 72 valence electrons. The van der Waals surface area contributed by atoms with Crippen LogP contribution in [-0.2, 0) is 6.42 Å². The van der Waals surface area contributed by atoms with Crippen molar-refractivity contribution in [2.75, 3.05) is 0 Å². The summed E-state index contributed by atoms with van der Waals surface area (Å²) in [6.45, 7) is 2.25. The van der Waals surface area contributed by atoms with Crippen molar-refractivity contribution in [1.82, 2.24) is 0 Å². The average Bonchev–Trinajstić information content (AvgIpc) is 2.16. The molecular formula is C12H19P. The quantitative estimate of drug-likeness (QED) is 0.627. The van der Waals surface area contributed by atoms with E-state index in [-0.39, 0.29) is 0 Å². The standard InChI is InChI=1S/C12H19P/c1-2-3-9-12(13)10-11-7-5-4-6-8-11/h4-8,12H,2-3,9-10,13H2,1H3. The highest BCUT2D eigenvalue weighted by molar-refractivity contribution is 7.17. The van der Waals surface area contributed by atoms with E-state index >= 15 is 0 Å². The van der Waals surface area contributed by atoms with E-state index in [9.17, 15) is 0 Å². The van der Waals surface area contributed by atoms with Crippen molar-refractivity contribution in [1.29, 1.82) is 0 Å². The second-order valence-corrected chi connectivity index (χ2v) is 4.53. The summed E-state index contributed by atoms with van der Waals surface area (Å²) in [5.74, 6) is 0. The Morgan fingerprint density at radius 1 is 1.23 bits per heavy atom. The predicted molar refractivity (Wildman–Crippen MR) is 63.2 cm³/mol. The summed E-state index contributed by atoms with van der Waals surface area (Å²) in [7, 11) is 2.96. The van der Waals surface area contributed by atoms with Gasteiger partial charge in [0.05, 0.1) is 0 Å². The second kappa shape index (κ2) is 6.16. The molecule has 0 aliphatic carbocycles. The minimum absolute atomic E-state index is 0.752. The lowest BCUT2D eigenvalue weighted by atomic mass is 10.1. The van der Waals surface area contributed by atoms with E-state index in [1.165, 1.54) is 31.2 Å². The maximum atomic E-state index is 2.96. The van der Waals surface area contributed by atoms with E-state index in [0.29, 0.717) is 0 Å². The van der Waals surface area contributed by atoms with Crippen LogP contribution in [0.25, 0.3) is 0 Å². The molecule has 0 aromatic heterocycles. The minimum Gasteiger partial charge on any atom is -0.134 e. The van der Waals surface area contributed by atoms with Crippen LogP contribution in [0.5, 0.6) is 0 Å². The van der Waals surface area contributed by atoms with Crippen molar-refractivity contribution in [3.8, 4) is 0 Å². The van der Waals surface area contributed by atoms with Crippen molar-refractivity contribution < 1.29 is 0 Å². The van der Waals surface area contributed by atoms with Gasteiger partial charge in [-0.05, 0) is 24.1 Å². The number of hydrogen-bond donors (Lipinski definition) is 0. The first kappa shape index (κ1) is 10.7. The largest absolute Gasteiger partial charge is 0.134 e. The van der Waals surface area contributed by atoms with Crippen LogP contribution in [0.1, 0.15) is 31.7 Å². The highest BCUT2D eigenvalue weighted by Crippen LogP contribution is 2.15. The van der Waals surface area contributed by atoms with Gasteiger partial charge in [0.15, 0.2) is 0 Å². The topological polar surface area (TPSA) is 0 Å². The molecule has 0 amide bonds. The molecule has 0 saturated heterocycles. The molecule has 13 heavy (non-hydrogen) atoms. The first-order valence-corrected chi connectivity index (χ1v) is 5.79.